The third-order valence-electron chi connectivity index (χ3n) is 12.5. The van der Waals surface area contributed by atoms with Crippen molar-refractivity contribution in [1.82, 2.24) is 28.7 Å². The second-order valence-corrected chi connectivity index (χ2v) is 16.0. The fraction of sp³-hybridized carbons (Fsp3) is 0. The summed E-state index contributed by atoms with van der Waals surface area (Å²) in [6.45, 7) is 0. The predicted molar refractivity (Wildman–Crippen MR) is 259 cm³/mol. The third kappa shape index (κ3) is 5.48. The molecule has 0 amide bonds. The molecule has 0 radical (unpaired) electrons. The Morgan fingerprint density at radius 3 is 1.37 bits per heavy atom. The quantitative estimate of drug-likeness (QED) is 0.168. The van der Waals surface area contributed by atoms with Gasteiger partial charge < -0.3 is 13.7 Å². The van der Waals surface area contributed by atoms with Crippen LogP contribution in [0.5, 0.6) is 0 Å². The van der Waals surface area contributed by atoms with E-state index in [9.17, 15) is 0 Å². The van der Waals surface area contributed by atoms with Crippen LogP contribution in [-0.4, -0.2) is 28.7 Å². The summed E-state index contributed by atoms with van der Waals surface area (Å²) < 4.78 is 7.25. The van der Waals surface area contributed by atoms with Gasteiger partial charge in [-0.15, -0.1) is 0 Å². The molecular weight excluding hydrogens is 769 g/mol. The maximum atomic E-state index is 5.09. The lowest BCUT2D eigenvalue weighted by atomic mass is 10.1. The lowest BCUT2D eigenvalue weighted by molar-refractivity contribution is 1.07. The van der Waals surface area contributed by atoms with Crippen LogP contribution >= 0.6 is 0 Å². The van der Waals surface area contributed by atoms with Gasteiger partial charge >= 0.3 is 0 Å². The second-order valence-electron chi connectivity index (χ2n) is 16.0. The van der Waals surface area contributed by atoms with Crippen LogP contribution < -0.4 is 0 Å². The van der Waals surface area contributed by atoms with Crippen LogP contribution in [0.25, 0.3) is 117 Å². The maximum Gasteiger partial charge on any atom is 0.164 e. The van der Waals surface area contributed by atoms with Gasteiger partial charge in [0.25, 0.3) is 0 Å². The van der Waals surface area contributed by atoms with Gasteiger partial charge in [-0.05, 0) is 66.7 Å². The van der Waals surface area contributed by atoms with Crippen LogP contribution in [-0.2, 0) is 0 Å². The van der Waals surface area contributed by atoms with Crippen LogP contribution in [0.1, 0.15) is 0 Å². The molecule has 0 saturated carbocycles. The van der Waals surface area contributed by atoms with E-state index in [4.69, 9.17) is 15.0 Å². The number of nitrogens with zero attached hydrogens (tertiary/aromatic N) is 6. The summed E-state index contributed by atoms with van der Waals surface area (Å²) in [5.74, 6) is 1.90. The number of hydrogen-bond donors (Lipinski definition) is 0. The SMILES string of the molecule is c1ccc(-c2nc(-c3ccccc3)nc(-c3ccc4c5cc(-n6c7ccccc7c7c6ccc6c8ccccc8n(-c8ccccc8)c67)ccc5n(-c5ccccc5)c4c3)n2)cc1. The van der Waals surface area contributed by atoms with Crippen LogP contribution in [0, 0.1) is 0 Å². The van der Waals surface area contributed by atoms with Crippen molar-refractivity contribution in [2.24, 2.45) is 0 Å². The molecule has 6 heteroatoms. The molecular formula is C57H36N6. The van der Waals surface area contributed by atoms with Gasteiger partial charge in [0.15, 0.2) is 17.5 Å². The maximum absolute atomic E-state index is 5.09. The average Bonchev–Trinajstić information content (AvgIpc) is 4.00. The molecule has 13 aromatic rings. The van der Waals surface area contributed by atoms with Crippen LogP contribution in [0.15, 0.2) is 218 Å². The average molecular weight is 805 g/mol. The fourth-order valence-corrected chi connectivity index (χ4v) is 9.71. The summed E-state index contributed by atoms with van der Waals surface area (Å²) in [6.07, 6.45) is 0. The number of hydrogen-bond acceptors (Lipinski definition) is 3. The van der Waals surface area contributed by atoms with Gasteiger partial charge in [-0.1, -0.05) is 152 Å². The van der Waals surface area contributed by atoms with Gasteiger partial charge in [-0.25, -0.2) is 15.0 Å². The molecule has 294 valence electrons. The highest BCUT2D eigenvalue weighted by Gasteiger charge is 2.22. The van der Waals surface area contributed by atoms with Crippen molar-refractivity contribution in [2.45, 2.75) is 0 Å². The summed E-state index contributed by atoms with van der Waals surface area (Å²) >= 11 is 0. The summed E-state index contributed by atoms with van der Waals surface area (Å²) in [6, 6.07) is 77.4. The van der Waals surface area contributed by atoms with Crippen molar-refractivity contribution in [1.29, 1.82) is 0 Å². The van der Waals surface area contributed by atoms with Gasteiger partial charge in [0, 0.05) is 66.1 Å². The van der Waals surface area contributed by atoms with E-state index < -0.39 is 0 Å². The molecule has 0 unspecified atom stereocenters. The molecule has 0 fully saturated rings. The van der Waals surface area contributed by atoms with E-state index in [1.165, 1.54) is 32.6 Å². The molecule has 0 spiro atoms. The highest BCUT2D eigenvalue weighted by atomic mass is 15.0. The van der Waals surface area contributed by atoms with Gasteiger partial charge in [-0.2, -0.15) is 0 Å². The minimum atomic E-state index is 0.625. The zero-order chi connectivity index (χ0) is 41.4. The minimum Gasteiger partial charge on any atom is -0.309 e. The molecule has 4 aromatic heterocycles. The molecule has 0 N–H and O–H groups in total. The Labute approximate surface area is 362 Å². The molecule has 9 aromatic carbocycles. The number of aromatic nitrogens is 6. The normalized spacial score (nSPS) is 11.8. The van der Waals surface area contributed by atoms with Gasteiger partial charge in [0.1, 0.15) is 0 Å². The van der Waals surface area contributed by atoms with E-state index in [2.05, 4.69) is 171 Å². The number of rotatable bonds is 6. The van der Waals surface area contributed by atoms with E-state index in [0.717, 1.165) is 66.6 Å². The zero-order valence-electron chi connectivity index (χ0n) is 34.0. The molecule has 6 nitrogen and oxygen atoms in total. The number of para-hydroxylation sites is 4. The Hall–Kier alpha value is -8.61. The molecule has 4 heterocycles. The van der Waals surface area contributed by atoms with Crippen LogP contribution in [0.4, 0.5) is 0 Å². The zero-order valence-corrected chi connectivity index (χ0v) is 34.0. The Kier molecular flexibility index (Phi) is 7.80. The Morgan fingerprint density at radius 1 is 0.254 bits per heavy atom. The highest BCUT2D eigenvalue weighted by Crippen LogP contribution is 2.43. The van der Waals surface area contributed by atoms with E-state index in [1.807, 2.05) is 60.7 Å². The molecule has 0 aliphatic carbocycles. The van der Waals surface area contributed by atoms with Crippen LogP contribution in [0.2, 0.25) is 0 Å². The molecule has 0 bridgehead atoms. The molecule has 63 heavy (non-hydrogen) atoms. The van der Waals surface area contributed by atoms with Crippen molar-refractivity contribution in [3.63, 3.8) is 0 Å². The molecule has 0 saturated heterocycles. The Bertz CT molecular complexity index is 3830. The molecule has 0 aliphatic rings. The van der Waals surface area contributed by atoms with Crippen molar-refractivity contribution >= 4 is 65.4 Å². The summed E-state index contributed by atoms with van der Waals surface area (Å²) in [7, 11) is 0. The van der Waals surface area contributed by atoms with Gasteiger partial charge in [0.05, 0.1) is 33.1 Å². The first kappa shape index (κ1) is 35.2. The van der Waals surface area contributed by atoms with Crippen molar-refractivity contribution < 1.29 is 0 Å². The van der Waals surface area contributed by atoms with Crippen LogP contribution in [0.3, 0.4) is 0 Å². The molecule has 0 atom stereocenters. The first-order valence-electron chi connectivity index (χ1n) is 21.3. The van der Waals surface area contributed by atoms with E-state index >= 15 is 0 Å². The Balaban J connectivity index is 1.06. The summed E-state index contributed by atoms with van der Waals surface area (Å²) in [5, 5.41) is 7.25. The van der Waals surface area contributed by atoms with E-state index in [0.29, 0.717) is 17.5 Å². The monoisotopic (exact) mass is 804 g/mol. The Morgan fingerprint density at radius 2 is 0.714 bits per heavy atom. The van der Waals surface area contributed by atoms with Crippen molar-refractivity contribution in [2.75, 3.05) is 0 Å². The standard InChI is InChI=1S/C57H36N6/c1-5-17-37(18-6-1)55-58-56(38-19-7-2-8-20-38)60-57(59-55)39-29-31-44-47-36-42(30-33-50(47)61(52(44)35-39)40-21-9-3-10-22-40)62-49-28-16-14-26-46(49)53-51(62)34-32-45-43-25-13-15-27-48(43)63(54(45)53)41-23-11-4-12-24-41/h1-36H. The molecule has 0 aliphatic heterocycles. The summed E-state index contributed by atoms with van der Waals surface area (Å²) in [4.78, 5) is 15.1. The highest BCUT2D eigenvalue weighted by molar-refractivity contribution is 6.26. The third-order valence-corrected chi connectivity index (χ3v) is 12.5. The topological polar surface area (TPSA) is 53.5 Å². The minimum absolute atomic E-state index is 0.625. The first-order valence-corrected chi connectivity index (χ1v) is 21.3. The lowest BCUT2D eigenvalue weighted by Crippen LogP contribution is -2.00. The van der Waals surface area contributed by atoms with Crippen molar-refractivity contribution in [3.05, 3.63) is 218 Å². The number of benzene rings is 9. The fourth-order valence-electron chi connectivity index (χ4n) is 9.71. The smallest absolute Gasteiger partial charge is 0.164 e. The first-order chi connectivity index (χ1) is 31.3. The number of fused-ring (bicyclic) bond motifs is 10. The second kappa shape index (κ2) is 14.0. The van der Waals surface area contributed by atoms with Gasteiger partial charge in [0.2, 0.25) is 0 Å². The summed E-state index contributed by atoms with van der Waals surface area (Å²) in [5.41, 5.74) is 13.1. The lowest BCUT2D eigenvalue weighted by Gasteiger charge is -2.11. The molecule has 13 rings (SSSR count). The predicted octanol–water partition coefficient (Wildman–Crippen LogP) is 14.2. The van der Waals surface area contributed by atoms with Crippen molar-refractivity contribution in [3.8, 4) is 51.2 Å². The van der Waals surface area contributed by atoms with E-state index in [1.54, 1.807) is 0 Å². The van der Waals surface area contributed by atoms with E-state index in [-0.39, 0.29) is 0 Å². The van der Waals surface area contributed by atoms with Gasteiger partial charge in [-0.3, -0.25) is 0 Å². The largest absolute Gasteiger partial charge is 0.309 e.